The van der Waals surface area contributed by atoms with Crippen molar-refractivity contribution in [2.24, 2.45) is 0 Å². The molecule has 0 saturated heterocycles. The van der Waals surface area contributed by atoms with Crippen molar-refractivity contribution in [1.29, 1.82) is 0 Å². The molecule has 2 nitrogen and oxygen atoms in total. The highest BCUT2D eigenvalue weighted by atomic mass is 15.1. The van der Waals surface area contributed by atoms with Gasteiger partial charge in [-0.15, -0.1) is 0 Å². The molecule has 0 saturated carbocycles. The van der Waals surface area contributed by atoms with Crippen LogP contribution in [0.5, 0.6) is 0 Å². The van der Waals surface area contributed by atoms with Crippen molar-refractivity contribution < 1.29 is 4.58 Å². The van der Waals surface area contributed by atoms with Crippen molar-refractivity contribution in [2.75, 3.05) is 33.1 Å². The fourth-order valence-corrected chi connectivity index (χ4v) is 3.30. The maximum atomic E-state index is 2.27. The summed E-state index contributed by atoms with van der Waals surface area (Å²) in [4.78, 5) is 2.13. The fraction of sp³-hybridized carbons (Fsp3) is 0.222. The molecule has 148 valence electrons. The molecule has 0 heterocycles. The predicted octanol–water partition coefficient (Wildman–Crippen LogP) is 5.53. The van der Waals surface area contributed by atoms with Crippen LogP contribution < -0.4 is 4.90 Å². The van der Waals surface area contributed by atoms with E-state index in [0.29, 0.717) is 0 Å². The Hall–Kier alpha value is -3.13. The number of benzene rings is 2. The molecule has 0 aliphatic heterocycles. The Morgan fingerprint density at radius 3 is 2.10 bits per heavy atom. The monoisotopic (exact) mass is 383 g/mol. The normalized spacial score (nSPS) is 13.6. The van der Waals surface area contributed by atoms with Gasteiger partial charge in [-0.1, -0.05) is 54.6 Å². The lowest BCUT2D eigenvalue weighted by atomic mass is 9.97. The molecule has 0 amide bonds. The molecule has 0 bridgehead atoms. The van der Waals surface area contributed by atoms with Gasteiger partial charge >= 0.3 is 0 Å². The first-order chi connectivity index (χ1) is 14.0. The van der Waals surface area contributed by atoms with E-state index >= 15 is 0 Å². The first-order valence-electron chi connectivity index (χ1n) is 10.2. The number of aryl methyl sites for hydroxylation is 1. The van der Waals surface area contributed by atoms with Gasteiger partial charge in [0.1, 0.15) is 14.1 Å². The second kappa shape index (κ2) is 9.88. The van der Waals surface area contributed by atoms with E-state index < -0.39 is 0 Å². The van der Waals surface area contributed by atoms with Crippen LogP contribution in [0.15, 0.2) is 96.6 Å². The topological polar surface area (TPSA) is 6.25 Å². The Bertz CT molecular complexity index is 947. The van der Waals surface area contributed by atoms with Crippen molar-refractivity contribution in [3.05, 3.63) is 108 Å². The second-order valence-electron chi connectivity index (χ2n) is 7.77. The number of anilines is 1. The number of hydrogen-bond donors (Lipinski definition) is 0. The van der Waals surface area contributed by atoms with Gasteiger partial charge in [-0.05, 0) is 59.4 Å². The SMILES string of the molecule is CN(C)c1ccc(CCC(=CC=C2C=CC(=[N+](C)C)C=C2)c2ccccc2)cc1. The summed E-state index contributed by atoms with van der Waals surface area (Å²) >= 11 is 0. The molecular formula is C27H31N2+. The molecule has 0 fully saturated rings. The van der Waals surface area contributed by atoms with E-state index in [1.165, 1.54) is 33.7 Å². The van der Waals surface area contributed by atoms with Crippen molar-refractivity contribution in [1.82, 2.24) is 0 Å². The molecular weight excluding hydrogens is 352 g/mol. The van der Waals surface area contributed by atoms with Gasteiger partial charge in [0, 0.05) is 31.9 Å². The minimum Gasteiger partial charge on any atom is -0.378 e. The average molecular weight is 384 g/mol. The summed E-state index contributed by atoms with van der Waals surface area (Å²) in [5.41, 5.74) is 7.70. The highest BCUT2D eigenvalue weighted by Crippen LogP contribution is 2.22. The summed E-state index contributed by atoms with van der Waals surface area (Å²) in [5.74, 6) is 0. The largest absolute Gasteiger partial charge is 0.378 e. The fourth-order valence-electron chi connectivity index (χ4n) is 3.30. The molecule has 2 heteroatoms. The Morgan fingerprint density at radius 1 is 0.862 bits per heavy atom. The summed E-state index contributed by atoms with van der Waals surface area (Å²) < 4.78 is 2.12. The first kappa shape index (κ1) is 20.6. The zero-order valence-electron chi connectivity index (χ0n) is 18.0. The van der Waals surface area contributed by atoms with E-state index in [1.54, 1.807) is 0 Å². The molecule has 29 heavy (non-hydrogen) atoms. The van der Waals surface area contributed by atoms with Crippen molar-refractivity contribution >= 4 is 17.0 Å². The number of rotatable bonds is 6. The van der Waals surface area contributed by atoms with E-state index in [0.717, 1.165) is 12.8 Å². The van der Waals surface area contributed by atoms with Crippen LogP contribution in [0.2, 0.25) is 0 Å². The zero-order valence-corrected chi connectivity index (χ0v) is 18.0. The molecule has 2 aromatic carbocycles. The number of hydrogen-bond acceptors (Lipinski definition) is 1. The molecule has 1 aliphatic carbocycles. The van der Waals surface area contributed by atoms with Gasteiger partial charge in [0.25, 0.3) is 0 Å². The third-order valence-electron chi connectivity index (χ3n) is 5.17. The van der Waals surface area contributed by atoms with Crippen LogP contribution in [0.1, 0.15) is 17.5 Å². The first-order valence-corrected chi connectivity index (χ1v) is 10.2. The van der Waals surface area contributed by atoms with Gasteiger partial charge in [0.05, 0.1) is 0 Å². The average Bonchev–Trinajstić information content (AvgIpc) is 2.75. The molecule has 0 spiro atoms. The molecule has 0 atom stereocenters. The summed E-state index contributed by atoms with van der Waals surface area (Å²) in [6.45, 7) is 0. The molecule has 2 aromatic rings. The summed E-state index contributed by atoms with van der Waals surface area (Å²) in [6, 6.07) is 19.6. The van der Waals surface area contributed by atoms with Gasteiger partial charge in [0.2, 0.25) is 0 Å². The minimum absolute atomic E-state index is 1.01. The number of nitrogens with zero attached hydrogens (tertiary/aromatic N) is 2. The molecule has 3 rings (SSSR count). The lowest BCUT2D eigenvalue weighted by Gasteiger charge is -2.13. The van der Waals surface area contributed by atoms with Crippen LogP contribution in [-0.2, 0) is 6.42 Å². The maximum Gasteiger partial charge on any atom is 0.199 e. The summed E-state index contributed by atoms with van der Waals surface area (Å²) in [7, 11) is 8.28. The molecule has 0 radical (unpaired) electrons. The molecule has 0 aromatic heterocycles. The van der Waals surface area contributed by atoms with Gasteiger partial charge < -0.3 is 4.90 Å². The minimum atomic E-state index is 1.01. The smallest absolute Gasteiger partial charge is 0.199 e. The maximum absolute atomic E-state index is 2.27. The van der Waals surface area contributed by atoms with Crippen LogP contribution in [0.4, 0.5) is 5.69 Å². The lowest BCUT2D eigenvalue weighted by molar-refractivity contribution is -0.462. The Balaban J connectivity index is 1.78. The van der Waals surface area contributed by atoms with Crippen LogP contribution in [0, 0.1) is 0 Å². The van der Waals surface area contributed by atoms with Crippen LogP contribution in [0.25, 0.3) is 5.57 Å². The Morgan fingerprint density at radius 2 is 1.52 bits per heavy atom. The van der Waals surface area contributed by atoms with Gasteiger partial charge in [-0.25, -0.2) is 4.58 Å². The highest BCUT2D eigenvalue weighted by molar-refractivity contribution is 6.02. The van der Waals surface area contributed by atoms with Crippen molar-refractivity contribution in [3.63, 3.8) is 0 Å². The van der Waals surface area contributed by atoms with Crippen LogP contribution in [-0.4, -0.2) is 38.5 Å². The quantitative estimate of drug-likeness (QED) is 0.594. The lowest BCUT2D eigenvalue weighted by Crippen LogP contribution is -2.09. The van der Waals surface area contributed by atoms with Crippen LogP contribution in [0.3, 0.4) is 0 Å². The van der Waals surface area contributed by atoms with E-state index in [9.17, 15) is 0 Å². The van der Waals surface area contributed by atoms with Gasteiger partial charge in [-0.3, -0.25) is 0 Å². The molecule has 0 N–H and O–H groups in total. The molecule has 0 unspecified atom stereocenters. The number of allylic oxidation sites excluding steroid dienone is 8. The van der Waals surface area contributed by atoms with E-state index in [1.807, 2.05) is 0 Å². The van der Waals surface area contributed by atoms with Crippen LogP contribution >= 0.6 is 0 Å². The van der Waals surface area contributed by atoms with Crippen molar-refractivity contribution in [2.45, 2.75) is 12.8 Å². The Kier molecular flexibility index (Phi) is 7.02. The molecule has 1 aliphatic rings. The predicted molar refractivity (Wildman–Crippen MR) is 127 cm³/mol. The Labute approximate surface area is 175 Å². The van der Waals surface area contributed by atoms with Gasteiger partial charge in [-0.2, -0.15) is 0 Å². The van der Waals surface area contributed by atoms with E-state index in [-0.39, 0.29) is 0 Å². The second-order valence-corrected chi connectivity index (χ2v) is 7.77. The zero-order chi connectivity index (χ0) is 20.6. The van der Waals surface area contributed by atoms with E-state index in [4.69, 9.17) is 0 Å². The summed E-state index contributed by atoms with van der Waals surface area (Å²) in [6.07, 6.45) is 15.2. The third kappa shape index (κ3) is 5.92. The van der Waals surface area contributed by atoms with Gasteiger partial charge in [0.15, 0.2) is 5.71 Å². The highest BCUT2D eigenvalue weighted by Gasteiger charge is 2.05. The van der Waals surface area contributed by atoms with Crippen molar-refractivity contribution in [3.8, 4) is 0 Å². The standard InChI is InChI=1S/C27H31N2/c1-28(2)26-18-12-22(13-19-26)10-16-25(24-8-6-5-7-9-24)17-11-23-14-20-27(21-15-23)29(3)4/h5-10,12-16,18-21H,11,17H2,1-4H3/q+1. The van der Waals surface area contributed by atoms with E-state index in [2.05, 4.69) is 129 Å². The third-order valence-corrected chi connectivity index (χ3v) is 5.17. The summed E-state index contributed by atoms with van der Waals surface area (Å²) in [5, 5.41) is 0.